The average Bonchev–Trinajstić information content (AvgIpc) is 2.53. The van der Waals surface area contributed by atoms with Crippen LogP contribution in [0.15, 0.2) is 12.1 Å². The molecule has 1 unspecified atom stereocenters. The first-order valence-electron chi connectivity index (χ1n) is 7.56. The van der Waals surface area contributed by atoms with Crippen molar-refractivity contribution in [2.24, 2.45) is 5.92 Å². The molecule has 1 atom stereocenters. The molecular formula is C16H23N3O2. The fraction of sp³-hybridized carbons (Fsp3) is 0.562. The van der Waals surface area contributed by atoms with Crippen LogP contribution in [0.1, 0.15) is 48.0 Å². The normalized spacial score (nSPS) is 16.6. The van der Waals surface area contributed by atoms with Crippen LogP contribution in [-0.4, -0.2) is 42.7 Å². The maximum absolute atomic E-state index is 12.5. The van der Waals surface area contributed by atoms with Crippen molar-refractivity contribution in [3.05, 3.63) is 23.4 Å². The molecule has 21 heavy (non-hydrogen) atoms. The van der Waals surface area contributed by atoms with Crippen molar-refractivity contribution in [1.82, 2.24) is 10.3 Å². The lowest BCUT2D eigenvalue weighted by molar-refractivity contribution is 0.0910. The number of Topliss-reactive ketones (excluding diaryl/α,β-unsaturated/α-hetero) is 2. The first-order chi connectivity index (χ1) is 10.0. The van der Waals surface area contributed by atoms with Gasteiger partial charge in [-0.2, -0.15) is 0 Å². The van der Waals surface area contributed by atoms with E-state index in [1.165, 1.54) is 6.92 Å². The molecule has 1 saturated heterocycles. The van der Waals surface area contributed by atoms with Gasteiger partial charge in [-0.05, 0) is 25.5 Å². The highest BCUT2D eigenvalue weighted by Gasteiger charge is 2.23. The van der Waals surface area contributed by atoms with E-state index in [1.54, 1.807) is 6.07 Å². The van der Waals surface area contributed by atoms with E-state index in [0.29, 0.717) is 11.3 Å². The second-order valence-electron chi connectivity index (χ2n) is 5.53. The number of aromatic nitrogens is 1. The predicted octanol–water partition coefficient (Wildman–Crippen LogP) is 1.92. The molecule has 0 saturated carbocycles. The molecule has 2 heterocycles. The van der Waals surface area contributed by atoms with E-state index in [1.807, 2.05) is 19.9 Å². The van der Waals surface area contributed by atoms with E-state index < -0.39 is 0 Å². The molecule has 114 valence electrons. The molecule has 0 spiro atoms. The Balaban J connectivity index is 2.38. The minimum absolute atomic E-state index is 0.0420. The Bertz CT molecular complexity index is 536. The number of nitrogens with one attached hydrogen (secondary N) is 1. The Morgan fingerprint density at radius 3 is 2.57 bits per heavy atom. The van der Waals surface area contributed by atoms with Crippen LogP contribution in [0.2, 0.25) is 0 Å². The van der Waals surface area contributed by atoms with Gasteiger partial charge in [0.05, 0.1) is 0 Å². The fourth-order valence-electron chi connectivity index (χ4n) is 2.41. The SMILES string of the molecule is CCC(C)C(=O)c1nc(N2CCNCC2)ccc1C(C)=O. The third-order valence-electron chi connectivity index (χ3n) is 3.99. The highest BCUT2D eigenvalue weighted by atomic mass is 16.1. The van der Waals surface area contributed by atoms with Gasteiger partial charge in [0.1, 0.15) is 11.5 Å². The maximum Gasteiger partial charge on any atom is 0.184 e. The van der Waals surface area contributed by atoms with E-state index in [2.05, 4.69) is 15.2 Å². The van der Waals surface area contributed by atoms with Crippen LogP contribution in [0, 0.1) is 5.92 Å². The minimum Gasteiger partial charge on any atom is -0.354 e. The molecule has 0 aliphatic carbocycles. The highest BCUT2D eigenvalue weighted by Crippen LogP contribution is 2.20. The third kappa shape index (κ3) is 3.47. The summed E-state index contributed by atoms with van der Waals surface area (Å²) in [6, 6.07) is 3.58. The number of nitrogens with zero attached hydrogens (tertiary/aromatic N) is 2. The van der Waals surface area contributed by atoms with Gasteiger partial charge in [-0.25, -0.2) is 4.98 Å². The lowest BCUT2D eigenvalue weighted by Crippen LogP contribution is -2.44. The molecule has 0 radical (unpaired) electrons. The second kappa shape index (κ2) is 6.80. The van der Waals surface area contributed by atoms with Gasteiger partial charge in [0.2, 0.25) is 0 Å². The van der Waals surface area contributed by atoms with E-state index >= 15 is 0 Å². The number of carbonyl (C=O) groups is 2. The molecule has 0 bridgehead atoms. The summed E-state index contributed by atoms with van der Waals surface area (Å²) in [5.41, 5.74) is 0.757. The second-order valence-corrected chi connectivity index (χ2v) is 5.53. The van der Waals surface area contributed by atoms with Gasteiger partial charge in [0.25, 0.3) is 0 Å². The molecule has 1 aromatic heterocycles. The summed E-state index contributed by atoms with van der Waals surface area (Å²) < 4.78 is 0. The molecule has 5 nitrogen and oxygen atoms in total. The number of hydrogen-bond acceptors (Lipinski definition) is 5. The maximum atomic E-state index is 12.5. The predicted molar refractivity (Wildman–Crippen MR) is 83.1 cm³/mol. The van der Waals surface area contributed by atoms with Gasteiger partial charge in [0, 0.05) is 37.7 Å². The Kier molecular flexibility index (Phi) is 5.07. The molecule has 5 heteroatoms. The van der Waals surface area contributed by atoms with Crippen molar-refractivity contribution >= 4 is 17.4 Å². The molecule has 0 amide bonds. The van der Waals surface area contributed by atoms with Gasteiger partial charge in [-0.15, -0.1) is 0 Å². The molecule has 1 fully saturated rings. The third-order valence-corrected chi connectivity index (χ3v) is 3.99. The summed E-state index contributed by atoms with van der Waals surface area (Å²) in [7, 11) is 0. The van der Waals surface area contributed by atoms with Crippen LogP contribution in [-0.2, 0) is 0 Å². The minimum atomic E-state index is -0.117. The van der Waals surface area contributed by atoms with Crippen molar-refractivity contribution in [3.63, 3.8) is 0 Å². The fourth-order valence-corrected chi connectivity index (χ4v) is 2.41. The van der Waals surface area contributed by atoms with Crippen molar-refractivity contribution in [2.45, 2.75) is 27.2 Å². The Morgan fingerprint density at radius 1 is 1.33 bits per heavy atom. The average molecular weight is 289 g/mol. The van der Waals surface area contributed by atoms with Crippen LogP contribution >= 0.6 is 0 Å². The summed E-state index contributed by atoms with van der Waals surface area (Å²) >= 11 is 0. The standard InChI is InChI=1S/C16H23N3O2/c1-4-11(2)16(21)15-13(12(3)20)5-6-14(18-15)19-9-7-17-8-10-19/h5-6,11,17H,4,7-10H2,1-3H3. The summed E-state index contributed by atoms with van der Waals surface area (Å²) in [6.07, 6.45) is 0.746. The lowest BCUT2D eigenvalue weighted by Gasteiger charge is -2.29. The first kappa shape index (κ1) is 15.6. The molecule has 1 aliphatic heterocycles. The van der Waals surface area contributed by atoms with Crippen molar-refractivity contribution in [2.75, 3.05) is 31.1 Å². The molecule has 0 aromatic carbocycles. The van der Waals surface area contributed by atoms with Crippen LogP contribution < -0.4 is 10.2 Å². The van der Waals surface area contributed by atoms with Gasteiger partial charge < -0.3 is 10.2 Å². The summed E-state index contributed by atoms with van der Waals surface area (Å²) in [5.74, 6) is 0.516. The molecule has 1 aliphatic rings. The first-order valence-corrected chi connectivity index (χ1v) is 7.56. The smallest absolute Gasteiger partial charge is 0.184 e. The number of ketones is 2. The number of piperazine rings is 1. The quantitative estimate of drug-likeness (QED) is 0.839. The summed E-state index contributed by atoms with van der Waals surface area (Å²) in [4.78, 5) is 30.9. The lowest BCUT2D eigenvalue weighted by atomic mass is 9.96. The molecular weight excluding hydrogens is 266 g/mol. The number of pyridine rings is 1. The zero-order valence-electron chi connectivity index (χ0n) is 13.0. The van der Waals surface area contributed by atoms with Gasteiger partial charge in [0.15, 0.2) is 11.6 Å². The Hall–Kier alpha value is -1.75. The Labute approximate surface area is 125 Å². The van der Waals surface area contributed by atoms with E-state index in [9.17, 15) is 9.59 Å². The van der Waals surface area contributed by atoms with Gasteiger partial charge in [-0.3, -0.25) is 9.59 Å². The monoisotopic (exact) mass is 289 g/mol. The van der Waals surface area contributed by atoms with Crippen molar-refractivity contribution in [1.29, 1.82) is 0 Å². The van der Waals surface area contributed by atoms with E-state index in [4.69, 9.17) is 0 Å². The number of carbonyl (C=O) groups excluding carboxylic acids is 2. The molecule has 2 rings (SSSR count). The topological polar surface area (TPSA) is 62.3 Å². The van der Waals surface area contributed by atoms with Crippen LogP contribution in [0.4, 0.5) is 5.82 Å². The molecule has 1 aromatic rings. The van der Waals surface area contributed by atoms with Gasteiger partial charge >= 0.3 is 0 Å². The number of hydrogen-bond donors (Lipinski definition) is 1. The largest absolute Gasteiger partial charge is 0.354 e. The summed E-state index contributed by atoms with van der Waals surface area (Å²) in [5, 5.41) is 3.29. The zero-order chi connectivity index (χ0) is 15.4. The zero-order valence-corrected chi connectivity index (χ0v) is 13.0. The van der Waals surface area contributed by atoms with Crippen LogP contribution in [0.3, 0.4) is 0 Å². The van der Waals surface area contributed by atoms with Gasteiger partial charge in [-0.1, -0.05) is 13.8 Å². The molecule has 1 N–H and O–H groups in total. The van der Waals surface area contributed by atoms with E-state index in [-0.39, 0.29) is 17.5 Å². The van der Waals surface area contributed by atoms with Crippen molar-refractivity contribution < 1.29 is 9.59 Å². The van der Waals surface area contributed by atoms with Crippen LogP contribution in [0.5, 0.6) is 0 Å². The van der Waals surface area contributed by atoms with Crippen LogP contribution in [0.25, 0.3) is 0 Å². The number of rotatable bonds is 5. The summed E-state index contributed by atoms with van der Waals surface area (Å²) in [6.45, 7) is 8.87. The van der Waals surface area contributed by atoms with E-state index in [0.717, 1.165) is 38.4 Å². The Morgan fingerprint density at radius 2 is 2.00 bits per heavy atom. The highest BCUT2D eigenvalue weighted by molar-refractivity contribution is 6.07. The van der Waals surface area contributed by atoms with Crippen molar-refractivity contribution in [3.8, 4) is 0 Å². The number of anilines is 1.